The molecule has 2 saturated heterocycles. The number of rotatable bonds is 5. The molecule has 0 aliphatic carbocycles. The van der Waals surface area contributed by atoms with Crippen LogP contribution in [0.15, 0.2) is 43.0 Å². The zero-order chi connectivity index (χ0) is 22.1. The molecule has 5 rings (SSSR count). The Balaban J connectivity index is 1.62. The molecule has 0 bridgehead atoms. The molecule has 3 aromatic rings. The lowest BCUT2D eigenvalue weighted by atomic mass is 9.96. The van der Waals surface area contributed by atoms with Crippen LogP contribution >= 0.6 is 0 Å². The molecule has 0 saturated carbocycles. The maximum Gasteiger partial charge on any atom is 0.164 e. The lowest BCUT2D eigenvalue weighted by Crippen LogP contribution is -2.30. The Kier molecular flexibility index (Phi) is 5.86. The van der Waals surface area contributed by atoms with E-state index in [2.05, 4.69) is 66.6 Å². The molecule has 4 nitrogen and oxygen atoms in total. The quantitative estimate of drug-likeness (QED) is 0.467. The molecule has 0 N–H and O–H groups in total. The van der Waals surface area contributed by atoms with E-state index in [1.807, 2.05) is 0 Å². The number of aryl methyl sites for hydroxylation is 1. The molecule has 32 heavy (non-hydrogen) atoms. The number of benzene rings is 1. The topological polar surface area (TPSA) is 32.3 Å². The van der Waals surface area contributed by atoms with Crippen LogP contribution in [0.25, 0.3) is 27.9 Å². The molecule has 0 unspecified atom stereocenters. The smallest absolute Gasteiger partial charge is 0.164 e. The Morgan fingerprint density at radius 2 is 1.59 bits per heavy atom. The van der Waals surface area contributed by atoms with E-state index >= 15 is 0 Å². The number of pyridine rings is 2. The van der Waals surface area contributed by atoms with Crippen molar-refractivity contribution in [2.24, 2.45) is 0 Å². The van der Waals surface area contributed by atoms with Gasteiger partial charge in [0.1, 0.15) is 5.82 Å². The Hall–Kier alpha value is -2.88. The molecule has 166 valence electrons. The molecular weight excluding hydrogens is 392 g/mol. The van der Waals surface area contributed by atoms with E-state index in [9.17, 15) is 0 Å². The molecule has 4 heterocycles. The fourth-order valence-electron chi connectivity index (χ4n) is 5.18. The SMILES string of the molecule is C=C(C)c1cc(-c2ccc3c(N4CCCC4)cc(N4CCCCC4)nc3n2)ccc1CC. The molecule has 2 aliphatic heterocycles. The zero-order valence-electron chi connectivity index (χ0n) is 19.5. The highest BCUT2D eigenvalue weighted by atomic mass is 15.2. The number of anilines is 2. The number of aromatic nitrogens is 2. The molecule has 2 aliphatic rings. The van der Waals surface area contributed by atoms with Crippen molar-refractivity contribution in [2.45, 2.75) is 52.4 Å². The van der Waals surface area contributed by atoms with Crippen LogP contribution in [-0.2, 0) is 6.42 Å². The van der Waals surface area contributed by atoms with Crippen molar-refractivity contribution < 1.29 is 0 Å². The maximum atomic E-state index is 5.09. The van der Waals surface area contributed by atoms with Gasteiger partial charge in [0.05, 0.1) is 11.4 Å². The Bertz CT molecular complexity index is 1140. The van der Waals surface area contributed by atoms with Crippen LogP contribution in [-0.4, -0.2) is 36.1 Å². The summed E-state index contributed by atoms with van der Waals surface area (Å²) in [6, 6.07) is 13.4. The van der Waals surface area contributed by atoms with Crippen molar-refractivity contribution >= 4 is 28.1 Å². The summed E-state index contributed by atoms with van der Waals surface area (Å²) in [4.78, 5) is 15.1. The summed E-state index contributed by atoms with van der Waals surface area (Å²) in [5.41, 5.74) is 7.96. The van der Waals surface area contributed by atoms with Gasteiger partial charge in [0.15, 0.2) is 5.65 Å². The molecule has 0 amide bonds. The van der Waals surface area contributed by atoms with Crippen LogP contribution in [0.3, 0.4) is 0 Å². The van der Waals surface area contributed by atoms with Crippen molar-refractivity contribution in [1.29, 1.82) is 0 Å². The van der Waals surface area contributed by atoms with Crippen molar-refractivity contribution in [3.8, 4) is 11.3 Å². The first-order valence-corrected chi connectivity index (χ1v) is 12.2. The van der Waals surface area contributed by atoms with Crippen LogP contribution < -0.4 is 9.80 Å². The van der Waals surface area contributed by atoms with Gasteiger partial charge in [-0.3, -0.25) is 0 Å². The predicted molar refractivity (Wildman–Crippen MR) is 137 cm³/mol. The molecule has 4 heteroatoms. The fraction of sp³-hybridized carbons (Fsp3) is 0.429. The molecular formula is C28H34N4. The van der Waals surface area contributed by atoms with E-state index in [1.54, 1.807) is 0 Å². The molecule has 0 radical (unpaired) electrons. The van der Waals surface area contributed by atoms with Crippen LogP contribution in [0.4, 0.5) is 11.5 Å². The van der Waals surface area contributed by atoms with Crippen LogP contribution in [0, 0.1) is 0 Å². The van der Waals surface area contributed by atoms with E-state index in [4.69, 9.17) is 9.97 Å². The van der Waals surface area contributed by atoms with Gasteiger partial charge in [0.25, 0.3) is 0 Å². The average molecular weight is 427 g/mol. The van der Waals surface area contributed by atoms with Gasteiger partial charge in [-0.05, 0) is 74.8 Å². The van der Waals surface area contributed by atoms with Gasteiger partial charge >= 0.3 is 0 Å². The number of hydrogen-bond acceptors (Lipinski definition) is 4. The van der Waals surface area contributed by atoms with Gasteiger partial charge in [0.2, 0.25) is 0 Å². The Labute approximate surface area is 192 Å². The van der Waals surface area contributed by atoms with Crippen molar-refractivity contribution in [2.75, 3.05) is 36.0 Å². The highest BCUT2D eigenvalue weighted by molar-refractivity contribution is 5.93. The van der Waals surface area contributed by atoms with Gasteiger partial charge < -0.3 is 9.80 Å². The summed E-state index contributed by atoms with van der Waals surface area (Å²) >= 11 is 0. The summed E-state index contributed by atoms with van der Waals surface area (Å²) in [5, 5.41) is 1.17. The third-order valence-electron chi connectivity index (χ3n) is 7.01. The average Bonchev–Trinajstić information content (AvgIpc) is 3.38. The summed E-state index contributed by atoms with van der Waals surface area (Å²) in [6.45, 7) is 12.9. The second-order valence-corrected chi connectivity index (χ2v) is 9.31. The fourth-order valence-corrected chi connectivity index (χ4v) is 5.18. The lowest BCUT2D eigenvalue weighted by molar-refractivity contribution is 0.574. The summed E-state index contributed by atoms with van der Waals surface area (Å²) in [6.07, 6.45) is 7.36. The number of allylic oxidation sites excluding steroid dienone is 1. The second kappa shape index (κ2) is 8.93. The normalized spacial score (nSPS) is 16.7. The minimum atomic E-state index is 0.865. The number of fused-ring (bicyclic) bond motifs is 1. The standard InChI is InChI=1S/C28H34N4/c1-4-21-10-11-22(18-24(21)20(2)3)25-13-12-23-26(31-14-8-9-15-31)19-27(30-28(23)29-25)32-16-6-5-7-17-32/h10-13,18-19H,2,4-9,14-17H2,1,3H3. The van der Waals surface area contributed by atoms with E-state index in [-0.39, 0.29) is 0 Å². The molecule has 2 aromatic heterocycles. The largest absolute Gasteiger partial charge is 0.371 e. The van der Waals surface area contributed by atoms with Crippen LogP contribution in [0.1, 0.15) is 57.1 Å². The highest BCUT2D eigenvalue weighted by Gasteiger charge is 2.21. The minimum Gasteiger partial charge on any atom is -0.371 e. The molecule has 1 aromatic carbocycles. The van der Waals surface area contributed by atoms with E-state index in [1.165, 1.54) is 54.3 Å². The van der Waals surface area contributed by atoms with Crippen molar-refractivity contribution in [3.05, 3.63) is 54.1 Å². The summed E-state index contributed by atoms with van der Waals surface area (Å²) in [7, 11) is 0. The first kappa shape index (κ1) is 21.0. The van der Waals surface area contributed by atoms with Gasteiger partial charge in [-0.25, -0.2) is 9.97 Å². The van der Waals surface area contributed by atoms with Gasteiger partial charge in [-0.1, -0.05) is 31.2 Å². The summed E-state index contributed by atoms with van der Waals surface area (Å²) < 4.78 is 0. The van der Waals surface area contributed by atoms with Gasteiger partial charge in [-0.15, -0.1) is 0 Å². The lowest BCUT2D eigenvalue weighted by Gasteiger charge is -2.29. The second-order valence-electron chi connectivity index (χ2n) is 9.31. The first-order valence-electron chi connectivity index (χ1n) is 12.2. The van der Waals surface area contributed by atoms with E-state index in [0.717, 1.165) is 60.9 Å². The zero-order valence-corrected chi connectivity index (χ0v) is 19.5. The van der Waals surface area contributed by atoms with E-state index < -0.39 is 0 Å². The minimum absolute atomic E-state index is 0.865. The van der Waals surface area contributed by atoms with Crippen LogP contribution in [0.2, 0.25) is 0 Å². The number of piperidine rings is 1. The predicted octanol–water partition coefficient (Wildman–Crippen LogP) is 6.48. The molecule has 0 atom stereocenters. The molecule has 2 fully saturated rings. The number of nitrogens with zero attached hydrogens (tertiary/aromatic N) is 4. The number of hydrogen-bond donors (Lipinski definition) is 0. The third kappa shape index (κ3) is 3.99. The van der Waals surface area contributed by atoms with Gasteiger partial charge in [-0.2, -0.15) is 0 Å². The molecule has 0 spiro atoms. The van der Waals surface area contributed by atoms with E-state index in [0.29, 0.717) is 0 Å². The summed E-state index contributed by atoms with van der Waals surface area (Å²) in [5.74, 6) is 1.09. The van der Waals surface area contributed by atoms with Crippen molar-refractivity contribution in [3.63, 3.8) is 0 Å². The Morgan fingerprint density at radius 3 is 2.31 bits per heavy atom. The first-order chi connectivity index (χ1) is 15.6. The van der Waals surface area contributed by atoms with Crippen LogP contribution in [0.5, 0.6) is 0 Å². The Morgan fingerprint density at radius 1 is 0.875 bits per heavy atom. The van der Waals surface area contributed by atoms with Crippen molar-refractivity contribution in [1.82, 2.24) is 9.97 Å². The third-order valence-corrected chi connectivity index (χ3v) is 7.01. The monoisotopic (exact) mass is 426 g/mol. The van der Waals surface area contributed by atoms with Gasteiger partial charge in [0, 0.05) is 43.2 Å². The highest BCUT2D eigenvalue weighted by Crippen LogP contribution is 2.34. The maximum absolute atomic E-state index is 5.09.